The maximum Gasteiger partial charge on any atom is 0.186 e. The molecule has 0 saturated heterocycles. The van der Waals surface area contributed by atoms with Gasteiger partial charge in [0.15, 0.2) is 5.78 Å². The highest BCUT2D eigenvalue weighted by Crippen LogP contribution is 2.49. The highest BCUT2D eigenvalue weighted by atomic mass is 33.1. The Labute approximate surface area is 137 Å². The van der Waals surface area contributed by atoms with Gasteiger partial charge in [-0.05, 0) is 23.8 Å². The van der Waals surface area contributed by atoms with Crippen molar-refractivity contribution < 1.29 is 9.53 Å². The average molecular weight is 326 g/mol. The van der Waals surface area contributed by atoms with Crippen LogP contribution in [-0.4, -0.2) is 12.9 Å². The van der Waals surface area contributed by atoms with Gasteiger partial charge in [-0.2, -0.15) is 0 Å². The van der Waals surface area contributed by atoms with Gasteiger partial charge in [0, 0.05) is 21.4 Å². The van der Waals surface area contributed by atoms with Crippen molar-refractivity contribution in [1.29, 1.82) is 0 Å². The zero-order valence-corrected chi connectivity index (χ0v) is 13.6. The van der Waals surface area contributed by atoms with E-state index >= 15 is 0 Å². The fraction of sp³-hybridized carbons (Fsp3) is 0.0556. The first-order chi connectivity index (χ1) is 10.8. The summed E-state index contributed by atoms with van der Waals surface area (Å²) >= 11 is 0. The Bertz CT molecular complexity index is 731. The Morgan fingerprint density at radius 1 is 1.00 bits per heavy atom. The smallest absolute Gasteiger partial charge is 0.186 e. The Morgan fingerprint density at radius 3 is 2.41 bits per heavy atom. The third-order valence-electron chi connectivity index (χ3n) is 3.21. The third-order valence-corrected chi connectivity index (χ3v) is 5.62. The number of allylic oxidation sites excluding steroid dienone is 2. The summed E-state index contributed by atoms with van der Waals surface area (Å²) in [6.45, 7) is 0. The van der Waals surface area contributed by atoms with Crippen LogP contribution in [0.15, 0.2) is 71.7 Å². The van der Waals surface area contributed by atoms with Crippen molar-refractivity contribution >= 4 is 32.3 Å². The van der Waals surface area contributed by atoms with E-state index in [-0.39, 0.29) is 5.78 Å². The second-order valence-electron chi connectivity index (χ2n) is 4.68. The zero-order valence-electron chi connectivity index (χ0n) is 12.0. The molecule has 2 aromatic rings. The number of rotatable bonds is 4. The largest absolute Gasteiger partial charge is 0.497 e. The fourth-order valence-corrected chi connectivity index (χ4v) is 4.31. The van der Waals surface area contributed by atoms with Gasteiger partial charge in [0.25, 0.3) is 0 Å². The minimum Gasteiger partial charge on any atom is -0.497 e. The Kier molecular flexibility index (Phi) is 4.71. The summed E-state index contributed by atoms with van der Waals surface area (Å²) in [6.07, 6.45) is 3.75. The van der Waals surface area contributed by atoms with Crippen LogP contribution in [0.2, 0.25) is 0 Å². The third kappa shape index (κ3) is 3.46. The molecule has 2 nitrogen and oxygen atoms in total. The summed E-state index contributed by atoms with van der Waals surface area (Å²) in [5, 5.41) is 0. The van der Waals surface area contributed by atoms with Gasteiger partial charge < -0.3 is 4.74 Å². The first kappa shape index (κ1) is 15.0. The lowest BCUT2D eigenvalue weighted by Gasteiger charge is -2.02. The van der Waals surface area contributed by atoms with Gasteiger partial charge in [-0.1, -0.05) is 64.1 Å². The molecule has 0 spiro atoms. The van der Waals surface area contributed by atoms with Crippen LogP contribution in [0.1, 0.15) is 15.9 Å². The zero-order chi connectivity index (χ0) is 15.4. The van der Waals surface area contributed by atoms with Crippen LogP contribution < -0.4 is 4.74 Å². The number of methoxy groups -OCH3 is 1. The number of ether oxygens (including phenoxy) is 1. The van der Waals surface area contributed by atoms with Gasteiger partial charge in [0.1, 0.15) is 5.75 Å². The van der Waals surface area contributed by atoms with Crippen molar-refractivity contribution in [3.05, 3.63) is 82.8 Å². The molecule has 0 atom stereocenters. The van der Waals surface area contributed by atoms with Gasteiger partial charge in [0.2, 0.25) is 0 Å². The molecule has 110 valence electrons. The Balaban J connectivity index is 1.78. The van der Waals surface area contributed by atoms with Crippen LogP contribution in [0, 0.1) is 0 Å². The lowest BCUT2D eigenvalue weighted by atomic mass is 10.1. The fourth-order valence-electron chi connectivity index (χ4n) is 2.04. The van der Waals surface area contributed by atoms with E-state index in [0.29, 0.717) is 5.56 Å². The lowest BCUT2D eigenvalue weighted by Crippen LogP contribution is -1.93. The molecule has 0 N–H and O–H groups in total. The van der Waals surface area contributed by atoms with E-state index in [1.54, 1.807) is 34.8 Å². The lowest BCUT2D eigenvalue weighted by molar-refractivity contribution is 0.104. The van der Waals surface area contributed by atoms with Crippen LogP contribution in [0.25, 0.3) is 4.91 Å². The van der Waals surface area contributed by atoms with Crippen LogP contribution >= 0.6 is 21.6 Å². The predicted octanol–water partition coefficient (Wildman–Crippen LogP) is 5.20. The van der Waals surface area contributed by atoms with E-state index in [1.165, 1.54) is 0 Å². The molecule has 1 heterocycles. The highest BCUT2D eigenvalue weighted by molar-refractivity contribution is 8.82. The summed E-state index contributed by atoms with van der Waals surface area (Å²) in [5.74, 6) is 0.881. The molecule has 4 heteroatoms. The molecular formula is C18H14O2S2. The highest BCUT2D eigenvalue weighted by Gasteiger charge is 2.15. The monoisotopic (exact) mass is 326 g/mol. The van der Waals surface area contributed by atoms with Crippen LogP contribution in [-0.2, 0) is 0 Å². The maximum absolute atomic E-state index is 12.2. The first-order valence-corrected chi connectivity index (χ1v) is 8.93. The molecule has 0 saturated carbocycles. The quantitative estimate of drug-likeness (QED) is 0.438. The summed E-state index contributed by atoms with van der Waals surface area (Å²) in [4.78, 5) is 14.3. The number of hydrogen-bond acceptors (Lipinski definition) is 4. The molecule has 1 aliphatic rings. The molecule has 3 rings (SSSR count). The van der Waals surface area contributed by atoms with E-state index in [9.17, 15) is 4.79 Å². The summed E-state index contributed by atoms with van der Waals surface area (Å²) in [5.41, 5.74) is 1.85. The molecule has 0 fully saturated rings. The van der Waals surface area contributed by atoms with Crippen molar-refractivity contribution in [2.75, 3.05) is 7.11 Å². The first-order valence-electron chi connectivity index (χ1n) is 6.78. The number of benzene rings is 2. The average Bonchev–Trinajstić information content (AvgIpc) is 3.04. The minimum absolute atomic E-state index is 0.0379. The van der Waals surface area contributed by atoms with E-state index in [4.69, 9.17) is 4.74 Å². The van der Waals surface area contributed by atoms with Crippen molar-refractivity contribution in [2.24, 2.45) is 0 Å². The van der Waals surface area contributed by atoms with Gasteiger partial charge in [-0.15, -0.1) is 0 Å². The Morgan fingerprint density at radius 2 is 1.73 bits per heavy atom. The van der Waals surface area contributed by atoms with E-state index in [0.717, 1.165) is 21.1 Å². The topological polar surface area (TPSA) is 26.3 Å². The normalized spacial score (nSPS) is 15.7. The molecule has 0 radical (unpaired) electrons. The molecule has 0 aromatic heterocycles. The molecule has 1 aliphatic heterocycles. The summed E-state index contributed by atoms with van der Waals surface area (Å²) in [7, 11) is 4.94. The van der Waals surface area contributed by atoms with Gasteiger partial charge >= 0.3 is 0 Å². The summed E-state index contributed by atoms with van der Waals surface area (Å²) < 4.78 is 5.17. The molecule has 0 bridgehead atoms. The number of hydrogen-bond donors (Lipinski definition) is 0. The number of carbonyl (C=O) groups excluding carboxylic acids is 1. The van der Waals surface area contributed by atoms with Crippen LogP contribution in [0.3, 0.4) is 0 Å². The van der Waals surface area contributed by atoms with Gasteiger partial charge in [0.05, 0.1) is 7.11 Å². The van der Waals surface area contributed by atoms with E-state index < -0.39 is 0 Å². The molecule has 0 amide bonds. The van der Waals surface area contributed by atoms with Crippen molar-refractivity contribution in [2.45, 2.75) is 0 Å². The maximum atomic E-state index is 12.2. The van der Waals surface area contributed by atoms with E-state index in [1.807, 2.05) is 54.6 Å². The molecule has 0 unspecified atom stereocenters. The predicted molar refractivity (Wildman–Crippen MR) is 95.0 cm³/mol. The van der Waals surface area contributed by atoms with Crippen molar-refractivity contribution in [3.63, 3.8) is 0 Å². The second-order valence-corrected chi connectivity index (χ2v) is 6.93. The molecule has 22 heavy (non-hydrogen) atoms. The minimum atomic E-state index is 0.0379. The number of ketones is 1. The van der Waals surface area contributed by atoms with Gasteiger partial charge in [-0.25, -0.2) is 0 Å². The molecule has 2 aromatic carbocycles. The standard InChI is InChI=1S/C18H14O2S2/c1-20-15-9-7-14(8-10-15)18-12-16(21-22-18)11-17(19)13-5-3-2-4-6-13/h2-12H,1H3. The number of carbonyl (C=O) groups is 1. The summed E-state index contributed by atoms with van der Waals surface area (Å²) in [6, 6.07) is 17.3. The SMILES string of the molecule is COc1ccc(C2=CC(=CC(=O)c3ccccc3)SS2)cc1. The van der Waals surface area contributed by atoms with Crippen molar-refractivity contribution in [1.82, 2.24) is 0 Å². The van der Waals surface area contributed by atoms with Crippen LogP contribution in [0.4, 0.5) is 0 Å². The van der Waals surface area contributed by atoms with E-state index in [2.05, 4.69) is 6.08 Å². The molecule has 0 aliphatic carbocycles. The van der Waals surface area contributed by atoms with Crippen molar-refractivity contribution in [3.8, 4) is 5.75 Å². The Hall–Kier alpha value is -1.91. The second kappa shape index (κ2) is 6.90. The van der Waals surface area contributed by atoms with Crippen LogP contribution in [0.5, 0.6) is 5.75 Å². The van der Waals surface area contributed by atoms with Gasteiger partial charge in [-0.3, -0.25) is 4.79 Å². The molecular weight excluding hydrogens is 312 g/mol.